The van der Waals surface area contributed by atoms with Gasteiger partial charge in [-0.05, 0) is 60.7 Å². The van der Waals surface area contributed by atoms with Crippen molar-refractivity contribution in [2.75, 3.05) is 4.90 Å². The third-order valence-electron chi connectivity index (χ3n) is 4.38. The highest BCUT2D eigenvalue weighted by molar-refractivity contribution is 6.39. The molecule has 2 aromatic carbocycles. The molecule has 8 heteroatoms. The number of benzene rings is 2. The van der Waals surface area contributed by atoms with E-state index < -0.39 is 17.8 Å². The zero-order valence-electron chi connectivity index (χ0n) is 15.3. The number of carbonyl (C=O) groups is 3. The molecule has 2 heterocycles. The summed E-state index contributed by atoms with van der Waals surface area (Å²) in [5.74, 6) is -0.854. The number of furan rings is 1. The standard InChI is InChI=1S/C22H12ClN3O4/c23-15-2-1-3-16(10-15)26-21(28)18(20(27)25-22(26)29)11-17-8-9-19(30-17)14-6-4-13(12-24)5-7-14/h1-11H,(H,25,27,29). The first-order valence-electron chi connectivity index (χ1n) is 8.73. The Kier molecular flexibility index (Phi) is 4.92. The van der Waals surface area contributed by atoms with E-state index >= 15 is 0 Å². The van der Waals surface area contributed by atoms with Crippen LogP contribution in [0, 0.1) is 11.3 Å². The molecule has 0 unspecified atom stereocenters. The summed E-state index contributed by atoms with van der Waals surface area (Å²) in [4.78, 5) is 38.2. The fraction of sp³-hybridized carbons (Fsp3) is 0. The van der Waals surface area contributed by atoms with Gasteiger partial charge in [0.05, 0.1) is 17.3 Å². The van der Waals surface area contributed by atoms with Crippen molar-refractivity contribution in [2.24, 2.45) is 0 Å². The highest BCUT2D eigenvalue weighted by atomic mass is 35.5. The van der Waals surface area contributed by atoms with Crippen molar-refractivity contribution in [3.05, 3.63) is 82.6 Å². The smallest absolute Gasteiger partial charge is 0.335 e. The number of barbiturate groups is 1. The molecule has 0 aliphatic carbocycles. The van der Waals surface area contributed by atoms with E-state index in [0.717, 1.165) is 10.5 Å². The van der Waals surface area contributed by atoms with Gasteiger partial charge in [0.15, 0.2) is 0 Å². The molecule has 1 fully saturated rings. The van der Waals surface area contributed by atoms with Crippen LogP contribution in [0.2, 0.25) is 5.02 Å². The van der Waals surface area contributed by atoms with E-state index in [2.05, 4.69) is 5.32 Å². The van der Waals surface area contributed by atoms with Crippen LogP contribution in [0.1, 0.15) is 11.3 Å². The second kappa shape index (κ2) is 7.70. The summed E-state index contributed by atoms with van der Waals surface area (Å²) in [6.45, 7) is 0. The highest BCUT2D eigenvalue weighted by Crippen LogP contribution is 2.27. The van der Waals surface area contributed by atoms with Crippen molar-refractivity contribution in [3.8, 4) is 17.4 Å². The first-order valence-corrected chi connectivity index (χ1v) is 9.11. The lowest BCUT2D eigenvalue weighted by Gasteiger charge is -2.26. The maximum atomic E-state index is 12.9. The van der Waals surface area contributed by atoms with Gasteiger partial charge in [0.25, 0.3) is 11.8 Å². The monoisotopic (exact) mass is 417 g/mol. The summed E-state index contributed by atoms with van der Waals surface area (Å²) >= 11 is 5.95. The molecule has 1 N–H and O–H groups in total. The van der Waals surface area contributed by atoms with Crippen LogP contribution in [-0.2, 0) is 9.59 Å². The number of urea groups is 1. The Labute approximate surface area is 175 Å². The molecule has 0 spiro atoms. The molecular weight excluding hydrogens is 406 g/mol. The molecule has 30 heavy (non-hydrogen) atoms. The van der Waals surface area contributed by atoms with Gasteiger partial charge in [0.1, 0.15) is 17.1 Å². The fourth-order valence-electron chi connectivity index (χ4n) is 2.94. The van der Waals surface area contributed by atoms with Crippen LogP contribution in [0.5, 0.6) is 0 Å². The Morgan fingerprint density at radius 3 is 2.50 bits per heavy atom. The minimum absolute atomic E-state index is 0.237. The van der Waals surface area contributed by atoms with Crippen LogP contribution < -0.4 is 10.2 Å². The van der Waals surface area contributed by atoms with E-state index in [1.54, 1.807) is 48.5 Å². The van der Waals surface area contributed by atoms with Crippen LogP contribution in [0.15, 0.2) is 70.7 Å². The Morgan fingerprint density at radius 2 is 1.80 bits per heavy atom. The minimum atomic E-state index is -0.859. The number of hydrogen-bond donors (Lipinski definition) is 1. The van der Waals surface area contributed by atoms with E-state index in [9.17, 15) is 14.4 Å². The molecule has 1 aliphatic rings. The average Bonchev–Trinajstić information content (AvgIpc) is 3.20. The van der Waals surface area contributed by atoms with Crippen molar-refractivity contribution >= 4 is 41.2 Å². The van der Waals surface area contributed by atoms with Crippen molar-refractivity contribution in [1.29, 1.82) is 5.26 Å². The van der Waals surface area contributed by atoms with Gasteiger partial charge in [-0.2, -0.15) is 5.26 Å². The van der Waals surface area contributed by atoms with Gasteiger partial charge in [-0.25, -0.2) is 9.69 Å². The van der Waals surface area contributed by atoms with Gasteiger partial charge < -0.3 is 4.42 Å². The lowest BCUT2D eigenvalue weighted by molar-refractivity contribution is -0.122. The first-order chi connectivity index (χ1) is 14.5. The predicted molar refractivity (Wildman–Crippen MR) is 109 cm³/mol. The van der Waals surface area contributed by atoms with Crippen molar-refractivity contribution in [1.82, 2.24) is 5.32 Å². The number of nitrogens with zero attached hydrogens (tertiary/aromatic N) is 2. The lowest BCUT2D eigenvalue weighted by Crippen LogP contribution is -2.54. The highest BCUT2D eigenvalue weighted by Gasteiger charge is 2.37. The summed E-state index contributed by atoms with van der Waals surface area (Å²) in [6.07, 6.45) is 1.27. The predicted octanol–water partition coefficient (Wildman–Crippen LogP) is 4.14. The van der Waals surface area contributed by atoms with Crippen LogP contribution >= 0.6 is 11.6 Å². The van der Waals surface area contributed by atoms with Crippen molar-refractivity contribution < 1.29 is 18.8 Å². The maximum absolute atomic E-state index is 12.9. The van der Waals surface area contributed by atoms with Crippen LogP contribution in [0.3, 0.4) is 0 Å². The molecule has 1 aromatic heterocycles. The topological polar surface area (TPSA) is 103 Å². The SMILES string of the molecule is N#Cc1ccc(-c2ccc(C=C3C(=O)NC(=O)N(c4cccc(Cl)c4)C3=O)o2)cc1. The number of nitrogens with one attached hydrogen (secondary N) is 1. The molecule has 1 saturated heterocycles. The minimum Gasteiger partial charge on any atom is -0.457 e. The van der Waals surface area contributed by atoms with Gasteiger partial charge in [-0.1, -0.05) is 17.7 Å². The molecule has 0 saturated carbocycles. The average molecular weight is 418 g/mol. The van der Waals surface area contributed by atoms with Gasteiger partial charge in [0, 0.05) is 10.6 Å². The number of amides is 4. The van der Waals surface area contributed by atoms with Crippen molar-refractivity contribution in [2.45, 2.75) is 0 Å². The van der Waals surface area contributed by atoms with Gasteiger partial charge in [-0.3, -0.25) is 14.9 Å². The van der Waals surface area contributed by atoms with E-state index in [-0.39, 0.29) is 17.0 Å². The second-order valence-corrected chi connectivity index (χ2v) is 6.77. The lowest BCUT2D eigenvalue weighted by atomic mass is 10.1. The summed E-state index contributed by atoms with van der Waals surface area (Å²) in [5, 5.41) is 11.4. The number of anilines is 1. The molecule has 146 valence electrons. The molecule has 7 nitrogen and oxygen atoms in total. The zero-order chi connectivity index (χ0) is 21.3. The van der Waals surface area contributed by atoms with E-state index in [1.807, 2.05) is 6.07 Å². The van der Waals surface area contributed by atoms with E-state index in [4.69, 9.17) is 21.3 Å². The van der Waals surface area contributed by atoms with Gasteiger partial charge in [-0.15, -0.1) is 0 Å². The van der Waals surface area contributed by atoms with E-state index in [0.29, 0.717) is 16.3 Å². The fourth-order valence-corrected chi connectivity index (χ4v) is 3.13. The largest absolute Gasteiger partial charge is 0.457 e. The normalized spacial score (nSPS) is 15.3. The zero-order valence-corrected chi connectivity index (χ0v) is 16.0. The number of hydrogen-bond acceptors (Lipinski definition) is 5. The number of halogens is 1. The molecule has 3 aromatic rings. The maximum Gasteiger partial charge on any atom is 0.335 e. The summed E-state index contributed by atoms with van der Waals surface area (Å²) < 4.78 is 5.71. The summed E-state index contributed by atoms with van der Waals surface area (Å²) in [5.41, 5.74) is 1.23. The third kappa shape index (κ3) is 3.60. The summed E-state index contributed by atoms with van der Waals surface area (Å²) in [6, 6.07) is 17.4. The number of rotatable bonds is 3. The molecule has 0 radical (unpaired) electrons. The van der Waals surface area contributed by atoms with Gasteiger partial charge in [0.2, 0.25) is 0 Å². The van der Waals surface area contributed by atoms with Crippen LogP contribution in [0.4, 0.5) is 10.5 Å². The van der Waals surface area contributed by atoms with E-state index in [1.165, 1.54) is 18.2 Å². The second-order valence-electron chi connectivity index (χ2n) is 6.33. The number of nitriles is 1. The molecular formula is C22H12ClN3O4. The molecule has 0 atom stereocenters. The molecule has 1 aliphatic heterocycles. The number of imide groups is 2. The number of carbonyl (C=O) groups excluding carboxylic acids is 3. The van der Waals surface area contributed by atoms with Crippen molar-refractivity contribution in [3.63, 3.8) is 0 Å². The van der Waals surface area contributed by atoms with Crippen LogP contribution in [0.25, 0.3) is 17.4 Å². The Hall–Kier alpha value is -4.15. The third-order valence-corrected chi connectivity index (χ3v) is 4.62. The Morgan fingerprint density at radius 1 is 1.03 bits per heavy atom. The van der Waals surface area contributed by atoms with Crippen LogP contribution in [-0.4, -0.2) is 17.8 Å². The summed E-state index contributed by atoms with van der Waals surface area (Å²) in [7, 11) is 0. The quantitative estimate of drug-likeness (QED) is 0.509. The first kappa shape index (κ1) is 19.2. The Bertz CT molecular complexity index is 1250. The van der Waals surface area contributed by atoms with Gasteiger partial charge >= 0.3 is 6.03 Å². The molecule has 4 amide bonds. The molecule has 4 rings (SSSR count). The Balaban J connectivity index is 1.66. The molecule has 0 bridgehead atoms.